The summed E-state index contributed by atoms with van der Waals surface area (Å²) in [5.41, 5.74) is 1.49. The highest BCUT2D eigenvalue weighted by molar-refractivity contribution is 5.06. The number of hydrogen-bond acceptors (Lipinski definition) is 2. The molecule has 2 nitrogen and oxygen atoms in total. The normalized spacial score (nSPS) is 18.7. The van der Waals surface area contributed by atoms with E-state index in [1.165, 1.54) is 5.57 Å². The maximum atomic E-state index is 5.18. The molecule has 0 fully saturated rings. The quantitative estimate of drug-likeness (QED) is 0.591. The lowest BCUT2D eigenvalue weighted by Crippen LogP contribution is -2.19. The molecule has 1 rings (SSSR count). The van der Waals surface area contributed by atoms with Crippen molar-refractivity contribution in [2.45, 2.75) is 13.3 Å². The van der Waals surface area contributed by atoms with Gasteiger partial charge >= 0.3 is 0 Å². The van der Waals surface area contributed by atoms with Crippen LogP contribution in [0.2, 0.25) is 0 Å². The van der Waals surface area contributed by atoms with Gasteiger partial charge in [-0.25, -0.2) is 0 Å². The molecule has 0 aromatic rings. The standard InChI is InChI=1S/C8H15NO/c1-2-9-7-8-3-5-10-6-4-8/h3,9H,2,4-7H2,1H3. The summed E-state index contributed by atoms with van der Waals surface area (Å²) >= 11 is 0. The fourth-order valence-electron chi connectivity index (χ4n) is 1.01. The maximum Gasteiger partial charge on any atom is 0.0650 e. The average Bonchev–Trinajstić information content (AvgIpc) is 2.03. The van der Waals surface area contributed by atoms with E-state index in [0.717, 1.165) is 32.7 Å². The molecule has 1 aliphatic heterocycles. The molecule has 0 spiro atoms. The fourth-order valence-corrected chi connectivity index (χ4v) is 1.01. The van der Waals surface area contributed by atoms with Crippen molar-refractivity contribution in [1.29, 1.82) is 0 Å². The van der Waals surface area contributed by atoms with Crippen LogP contribution in [0.1, 0.15) is 13.3 Å². The Morgan fingerprint density at radius 1 is 1.70 bits per heavy atom. The van der Waals surface area contributed by atoms with E-state index in [1.54, 1.807) is 0 Å². The molecule has 0 amide bonds. The molecule has 10 heavy (non-hydrogen) atoms. The van der Waals surface area contributed by atoms with Crippen LogP contribution in [-0.4, -0.2) is 26.3 Å². The third-order valence-electron chi connectivity index (χ3n) is 1.66. The molecule has 0 aromatic carbocycles. The predicted octanol–water partition coefficient (Wildman–Crippen LogP) is 0.943. The first-order valence-corrected chi connectivity index (χ1v) is 3.90. The third kappa shape index (κ3) is 2.50. The molecule has 1 N–H and O–H groups in total. The van der Waals surface area contributed by atoms with E-state index in [-0.39, 0.29) is 0 Å². The van der Waals surface area contributed by atoms with E-state index in [2.05, 4.69) is 18.3 Å². The number of nitrogens with one attached hydrogen (secondary N) is 1. The minimum Gasteiger partial charge on any atom is -0.377 e. The van der Waals surface area contributed by atoms with Crippen molar-refractivity contribution in [2.75, 3.05) is 26.3 Å². The molecule has 0 saturated carbocycles. The van der Waals surface area contributed by atoms with Crippen molar-refractivity contribution in [3.8, 4) is 0 Å². The monoisotopic (exact) mass is 141 g/mol. The molecule has 0 saturated heterocycles. The number of hydrogen-bond donors (Lipinski definition) is 1. The largest absolute Gasteiger partial charge is 0.377 e. The Bertz CT molecular complexity index is 120. The lowest BCUT2D eigenvalue weighted by atomic mass is 10.1. The van der Waals surface area contributed by atoms with E-state index in [1.807, 2.05) is 0 Å². The van der Waals surface area contributed by atoms with Crippen LogP contribution >= 0.6 is 0 Å². The van der Waals surface area contributed by atoms with Gasteiger partial charge in [0.25, 0.3) is 0 Å². The van der Waals surface area contributed by atoms with Gasteiger partial charge in [-0.05, 0) is 13.0 Å². The predicted molar refractivity (Wildman–Crippen MR) is 42.1 cm³/mol. The van der Waals surface area contributed by atoms with Gasteiger partial charge in [0.05, 0.1) is 13.2 Å². The van der Waals surface area contributed by atoms with E-state index in [4.69, 9.17) is 4.74 Å². The zero-order chi connectivity index (χ0) is 7.23. The topological polar surface area (TPSA) is 21.3 Å². The van der Waals surface area contributed by atoms with Crippen molar-refractivity contribution in [3.05, 3.63) is 11.6 Å². The maximum absolute atomic E-state index is 5.18. The fraction of sp³-hybridized carbons (Fsp3) is 0.750. The molecule has 0 unspecified atom stereocenters. The molecular weight excluding hydrogens is 126 g/mol. The molecule has 0 aliphatic carbocycles. The summed E-state index contributed by atoms with van der Waals surface area (Å²) < 4.78 is 5.18. The van der Waals surface area contributed by atoms with Crippen LogP contribution in [0, 0.1) is 0 Å². The molecule has 1 aliphatic rings. The summed E-state index contributed by atoms with van der Waals surface area (Å²) in [6, 6.07) is 0. The highest BCUT2D eigenvalue weighted by atomic mass is 16.5. The summed E-state index contributed by atoms with van der Waals surface area (Å²) in [4.78, 5) is 0. The van der Waals surface area contributed by atoms with Gasteiger partial charge in [0.1, 0.15) is 0 Å². The molecule has 58 valence electrons. The first-order valence-electron chi connectivity index (χ1n) is 3.90. The van der Waals surface area contributed by atoms with Crippen LogP contribution in [0.15, 0.2) is 11.6 Å². The van der Waals surface area contributed by atoms with Crippen molar-refractivity contribution in [1.82, 2.24) is 5.32 Å². The summed E-state index contributed by atoms with van der Waals surface area (Å²) in [5, 5.41) is 3.29. The van der Waals surface area contributed by atoms with Gasteiger partial charge in [-0.3, -0.25) is 0 Å². The zero-order valence-corrected chi connectivity index (χ0v) is 6.52. The summed E-state index contributed by atoms with van der Waals surface area (Å²) in [6.07, 6.45) is 3.28. The minimum atomic E-state index is 0.806. The smallest absolute Gasteiger partial charge is 0.0650 e. The van der Waals surface area contributed by atoms with Crippen LogP contribution < -0.4 is 5.32 Å². The van der Waals surface area contributed by atoms with Crippen LogP contribution in [0.25, 0.3) is 0 Å². The Morgan fingerprint density at radius 3 is 3.20 bits per heavy atom. The van der Waals surface area contributed by atoms with Gasteiger partial charge in [0.15, 0.2) is 0 Å². The highest BCUT2D eigenvalue weighted by Crippen LogP contribution is 2.05. The molecule has 0 aromatic heterocycles. The van der Waals surface area contributed by atoms with E-state index in [0.29, 0.717) is 0 Å². The molecule has 0 radical (unpaired) electrons. The van der Waals surface area contributed by atoms with Crippen LogP contribution in [0.5, 0.6) is 0 Å². The Hall–Kier alpha value is -0.340. The van der Waals surface area contributed by atoms with Gasteiger partial charge in [-0.1, -0.05) is 18.6 Å². The Labute approximate surface area is 62.3 Å². The van der Waals surface area contributed by atoms with Crippen LogP contribution in [-0.2, 0) is 4.74 Å². The van der Waals surface area contributed by atoms with E-state index in [9.17, 15) is 0 Å². The number of rotatable bonds is 3. The Kier molecular flexibility index (Phi) is 3.47. The van der Waals surface area contributed by atoms with Crippen molar-refractivity contribution >= 4 is 0 Å². The molecular formula is C8H15NO. The lowest BCUT2D eigenvalue weighted by Gasteiger charge is -2.13. The Balaban J connectivity index is 2.18. The highest BCUT2D eigenvalue weighted by Gasteiger charge is 2.01. The summed E-state index contributed by atoms with van der Waals surface area (Å²) in [6.45, 7) is 5.93. The van der Waals surface area contributed by atoms with Gasteiger partial charge in [0.2, 0.25) is 0 Å². The second kappa shape index (κ2) is 4.47. The zero-order valence-electron chi connectivity index (χ0n) is 6.52. The molecule has 1 heterocycles. The summed E-state index contributed by atoms with van der Waals surface area (Å²) in [7, 11) is 0. The molecule has 0 atom stereocenters. The Morgan fingerprint density at radius 2 is 2.60 bits per heavy atom. The average molecular weight is 141 g/mol. The van der Waals surface area contributed by atoms with Crippen LogP contribution in [0.4, 0.5) is 0 Å². The van der Waals surface area contributed by atoms with Crippen molar-refractivity contribution in [2.24, 2.45) is 0 Å². The number of likely N-dealkylation sites (N-methyl/N-ethyl adjacent to an activating group) is 1. The van der Waals surface area contributed by atoms with Gasteiger partial charge in [-0.2, -0.15) is 0 Å². The van der Waals surface area contributed by atoms with Crippen LogP contribution in [0.3, 0.4) is 0 Å². The van der Waals surface area contributed by atoms with E-state index >= 15 is 0 Å². The van der Waals surface area contributed by atoms with Crippen molar-refractivity contribution < 1.29 is 4.74 Å². The third-order valence-corrected chi connectivity index (χ3v) is 1.66. The SMILES string of the molecule is CCNCC1=CCOCC1. The van der Waals surface area contributed by atoms with E-state index < -0.39 is 0 Å². The molecule has 0 bridgehead atoms. The van der Waals surface area contributed by atoms with Gasteiger partial charge < -0.3 is 10.1 Å². The van der Waals surface area contributed by atoms with Gasteiger partial charge in [-0.15, -0.1) is 0 Å². The van der Waals surface area contributed by atoms with Gasteiger partial charge in [0, 0.05) is 6.54 Å². The number of ether oxygens (including phenoxy) is 1. The molecule has 2 heteroatoms. The second-order valence-corrected chi connectivity index (χ2v) is 2.47. The summed E-state index contributed by atoms with van der Waals surface area (Å²) in [5.74, 6) is 0. The van der Waals surface area contributed by atoms with Crippen molar-refractivity contribution in [3.63, 3.8) is 0 Å². The minimum absolute atomic E-state index is 0.806. The first kappa shape index (κ1) is 7.76. The first-order chi connectivity index (χ1) is 4.93. The second-order valence-electron chi connectivity index (χ2n) is 2.47. The lowest BCUT2D eigenvalue weighted by molar-refractivity contribution is 0.154.